The van der Waals surface area contributed by atoms with Gasteiger partial charge in [0.05, 0.1) is 23.0 Å². The SMILES string of the molecule is O=C(NCC1CC2(CCNCC2)C(=O)O1)c1ccnc2cc(Cl)ccc12.O=C(O)C(F)(F)F. The minimum Gasteiger partial charge on any atom is -0.475 e. The van der Waals surface area contributed by atoms with Crippen LogP contribution in [0.25, 0.3) is 10.9 Å². The molecule has 2 aliphatic rings. The number of aliphatic carboxylic acids is 1. The van der Waals surface area contributed by atoms with Gasteiger partial charge in [0.1, 0.15) is 6.10 Å². The van der Waals surface area contributed by atoms with Gasteiger partial charge in [0.2, 0.25) is 0 Å². The Hall–Kier alpha value is -2.92. The van der Waals surface area contributed by atoms with Gasteiger partial charge in [-0.3, -0.25) is 14.6 Å². The van der Waals surface area contributed by atoms with Crippen molar-refractivity contribution in [3.05, 3.63) is 41.0 Å². The maximum atomic E-state index is 12.6. The third-order valence-corrected chi connectivity index (χ3v) is 5.80. The lowest BCUT2D eigenvalue weighted by Gasteiger charge is -2.29. The van der Waals surface area contributed by atoms with Crippen molar-refractivity contribution in [1.29, 1.82) is 0 Å². The quantitative estimate of drug-likeness (QED) is 0.570. The zero-order chi connectivity index (χ0) is 24.2. The van der Waals surface area contributed by atoms with Gasteiger partial charge in [-0.25, -0.2) is 4.79 Å². The first-order chi connectivity index (χ1) is 15.5. The topological polar surface area (TPSA) is 118 Å². The van der Waals surface area contributed by atoms with Crippen LogP contribution in [-0.4, -0.2) is 59.9 Å². The number of esters is 1. The van der Waals surface area contributed by atoms with E-state index >= 15 is 0 Å². The van der Waals surface area contributed by atoms with Crippen LogP contribution in [-0.2, 0) is 14.3 Å². The number of rotatable bonds is 3. The number of hydrogen-bond acceptors (Lipinski definition) is 6. The number of piperidine rings is 1. The monoisotopic (exact) mass is 487 g/mol. The molecule has 1 spiro atoms. The molecule has 2 saturated heterocycles. The molecular weight excluding hydrogens is 467 g/mol. The van der Waals surface area contributed by atoms with Crippen LogP contribution in [0.5, 0.6) is 0 Å². The fraction of sp³-hybridized carbons (Fsp3) is 0.429. The van der Waals surface area contributed by atoms with Crippen LogP contribution >= 0.6 is 11.6 Å². The lowest BCUT2D eigenvalue weighted by Crippen LogP contribution is -2.39. The van der Waals surface area contributed by atoms with Crippen molar-refractivity contribution in [3.63, 3.8) is 0 Å². The third kappa shape index (κ3) is 5.91. The van der Waals surface area contributed by atoms with E-state index in [9.17, 15) is 22.8 Å². The van der Waals surface area contributed by atoms with Crippen LogP contribution in [0.1, 0.15) is 29.6 Å². The molecule has 2 aromatic rings. The molecule has 0 saturated carbocycles. The van der Waals surface area contributed by atoms with Crippen molar-refractivity contribution in [2.75, 3.05) is 19.6 Å². The summed E-state index contributed by atoms with van der Waals surface area (Å²) < 4.78 is 37.3. The Morgan fingerprint density at radius 2 is 1.94 bits per heavy atom. The van der Waals surface area contributed by atoms with Crippen LogP contribution in [0, 0.1) is 5.41 Å². The Bertz CT molecular complexity index is 1060. The highest BCUT2D eigenvalue weighted by atomic mass is 35.5. The fourth-order valence-corrected chi connectivity index (χ4v) is 4.05. The Morgan fingerprint density at radius 1 is 1.27 bits per heavy atom. The first kappa shape index (κ1) is 24.7. The molecule has 12 heteroatoms. The lowest BCUT2D eigenvalue weighted by molar-refractivity contribution is -0.192. The van der Waals surface area contributed by atoms with Crippen molar-refractivity contribution in [2.24, 2.45) is 5.41 Å². The Labute approximate surface area is 191 Å². The number of aromatic nitrogens is 1. The molecule has 2 fully saturated rings. The first-order valence-electron chi connectivity index (χ1n) is 10.1. The summed E-state index contributed by atoms with van der Waals surface area (Å²) in [7, 11) is 0. The number of amides is 1. The summed E-state index contributed by atoms with van der Waals surface area (Å²) in [5.41, 5.74) is 0.833. The molecule has 0 radical (unpaired) electrons. The van der Waals surface area contributed by atoms with Gasteiger partial charge in [0.25, 0.3) is 5.91 Å². The minimum absolute atomic E-state index is 0.123. The summed E-state index contributed by atoms with van der Waals surface area (Å²) >= 11 is 5.99. The first-order valence-corrected chi connectivity index (χ1v) is 10.4. The molecule has 0 aliphatic carbocycles. The predicted octanol–water partition coefficient (Wildman–Crippen LogP) is 2.94. The summed E-state index contributed by atoms with van der Waals surface area (Å²) in [4.78, 5) is 38.1. The van der Waals surface area contributed by atoms with E-state index in [1.807, 2.05) is 0 Å². The summed E-state index contributed by atoms with van der Waals surface area (Å²) in [6, 6.07) is 6.94. The maximum absolute atomic E-state index is 12.6. The number of alkyl halides is 3. The number of hydrogen-bond donors (Lipinski definition) is 3. The van der Waals surface area contributed by atoms with Crippen molar-refractivity contribution in [1.82, 2.24) is 15.6 Å². The van der Waals surface area contributed by atoms with E-state index in [0.717, 1.165) is 31.3 Å². The van der Waals surface area contributed by atoms with Gasteiger partial charge in [-0.1, -0.05) is 17.7 Å². The molecule has 2 aliphatic heterocycles. The zero-order valence-electron chi connectivity index (χ0n) is 17.2. The number of carboxylic acid groups (broad SMARTS) is 1. The fourth-order valence-electron chi connectivity index (χ4n) is 3.89. The molecule has 1 atom stereocenters. The highest BCUT2D eigenvalue weighted by Gasteiger charge is 2.49. The van der Waals surface area contributed by atoms with Crippen molar-refractivity contribution in [3.8, 4) is 0 Å². The number of carbonyl (C=O) groups is 3. The molecule has 1 aromatic heterocycles. The summed E-state index contributed by atoms with van der Waals surface area (Å²) in [5.74, 6) is -3.09. The van der Waals surface area contributed by atoms with E-state index in [1.54, 1.807) is 30.5 Å². The molecule has 1 aromatic carbocycles. The number of fused-ring (bicyclic) bond motifs is 1. The number of carbonyl (C=O) groups excluding carboxylic acids is 2. The lowest BCUT2D eigenvalue weighted by atomic mass is 9.76. The number of nitrogens with one attached hydrogen (secondary N) is 2. The van der Waals surface area contributed by atoms with Crippen molar-refractivity contribution >= 4 is 40.3 Å². The van der Waals surface area contributed by atoms with Gasteiger partial charge in [-0.2, -0.15) is 13.2 Å². The predicted molar refractivity (Wildman–Crippen MR) is 112 cm³/mol. The van der Waals surface area contributed by atoms with Gasteiger partial charge >= 0.3 is 18.1 Å². The molecule has 3 N–H and O–H groups in total. The molecule has 178 valence electrons. The Balaban J connectivity index is 0.000000383. The van der Waals surface area contributed by atoms with Gasteiger partial charge in [0.15, 0.2) is 0 Å². The van der Waals surface area contributed by atoms with Crippen LogP contribution in [0.2, 0.25) is 5.02 Å². The zero-order valence-corrected chi connectivity index (χ0v) is 18.0. The van der Waals surface area contributed by atoms with E-state index < -0.39 is 12.1 Å². The van der Waals surface area contributed by atoms with Gasteiger partial charge in [-0.05, 0) is 44.1 Å². The Kier molecular flexibility index (Phi) is 7.43. The maximum Gasteiger partial charge on any atom is 0.490 e. The smallest absolute Gasteiger partial charge is 0.475 e. The number of halogens is 4. The highest BCUT2D eigenvalue weighted by Crippen LogP contribution is 2.41. The summed E-state index contributed by atoms with van der Waals surface area (Å²) in [5, 5.41) is 14.6. The normalized spacial score (nSPS) is 19.5. The molecule has 8 nitrogen and oxygen atoms in total. The van der Waals surface area contributed by atoms with Crippen LogP contribution in [0.4, 0.5) is 13.2 Å². The minimum atomic E-state index is -5.08. The number of nitrogens with zero attached hydrogens (tertiary/aromatic N) is 1. The Morgan fingerprint density at radius 3 is 2.58 bits per heavy atom. The second kappa shape index (κ2) is 9.92. The standard InChI is InChI=1S/C19H20ClN3O3.C2HF3O2/c20-12-1-2-14-15(3-6-22-16(14)9-12)17(24)23-11-13-10-19(18(25)26-13)4-7-21-8-5-19;3-2(4,5)1(6)7/h1-3,6,9,13,21H,4-5,7-8,10-11H2,(H,23,24);(H,6,7). The molecule has 0 bridgehead atoms. The number of carboxylic acids is 1. The summed E-state index contributed by atoms with van der Waals surface area (Å²) in [6.45, 7) is 1.98. The largest absolute Gasteiger partial charge is 0.490 e. The molecule has 33 heavy (non-hydrogen) atoms. The highest BCUT2D eigenvalue weighted by molar-refractivity contribution is 6.31. The van der Waals surface area contributed by atoms with Crippen LogP contribution in [0.3, 0.4) is 0 Å². The third-order valence-electron chi connectivity index (χ3n) is 5.57. The van der Waals surface area contributed by atoms with E-state index in [2.05, 4.69) is 15.6 Å². The molecular formula is C21H21ClF3N3O5. The van der Waals surface area contributed by atoms with Gasteiger partial charge in [-0.15, -0.1) is 0 Å². The second-order valence-corrected chi connectivity index (χ2v) is 8.23. The van der Waals surface area contributed by atoms with Crippen LogP contribution < -0.4 is 10.6 Å². The number of cyclic esters (lactones) is 1. The average Bonchev–Trinajstić information content (AvgIpc) is 3.06. The summed E-state index contributed by atoms with van der Waals surface area (Å²) in [6.07, 6.45) is -1.50. The molecule has 3 heterocycles. The number of pyridine rings is 1. The van der Waals surface area contributed by atoms with Gasteiger partial charge < -0.3 is 20.5 Å². The van der Waals surface area contributed by atoms with Crippen molar-refractivity contribution in [2.45, 2.75) is 31.5 Å². The van der Waals surface area contributed by atoms with E-state index in [1.165, 1.54) is 0 Å². The molecule has 1 amide bonds. The number of ether oxygens (including phenoxy) is 1. The average molecular weight is 488 g/mol. The van der Waals surface area contributed by atoms with E-state index in [0.29, 0.717) is 29.1 Å². The molecule has 1 unspecified atom stereocenters. The molecule has 4 rings (SSSR count). The van der Waals surface area contributed by atoms with E-state index in [-0.39, 0.29) is 23.4 Å². The van der Waals surface area contributed by atoms with Gasteiger partial charge in [0, 0.05) is 23.0 Å². The van der Waals surface area contributed by atoms with Crippen molar-refractivity contribution < 1.29 is 37.4 Å². The number of benzene rings is 1. The second-order valence-electron chi connectivity index (χ2n) is 7.79. The van der Waals surface area contributed by atoms with E-state index in [4.69, 9.17) is 26.2 Å². The van der Waals surface area contributed by atoms with Crippen LogP contribution in [0.15, 0.2) is 30.5 Å².